The molecule has 1 saturated heterocycles. The number of halogens is 2. The van der Waals surface area contributed by atoms with Gasteiger partial charge in [-0.15, -0.1) is 0 Å². The average molecular weight is 313 g/mol. The van der Waals surface area contributed by atoms with Crippen LogP contribution >= 0.6 is 11.8 Å². The summed E-state index contributed by atoms with van der Waals surface area (Å²) in [4.78, 5) is 12.1. The zero-order chi connectivity index (χ0) is 15.1. The molecule has 1 atom stereocenters. The van der Waals surface area contributed by atoms with Crippen molar-refractivity contribution in [2.75, 3.05) is 18.1 Å². The van der Waals surface area contributed by atoms with Gasteiger partial charge >= 0.3 is 0 Å². The molecule has 1 aliphatic heterocycles. The van der Waals surface area contributed by atoms with E-state index in [1.807, 2.05) is 0 Å². The highest BCUT2D eigenvalue weighted by atomic mass is 32.2. The largest absolute Gasteiger partial charge is 0.379 e. The molecule has 2 N–H and O–H groups in total. The van der Waals surface area contributed by atoms with E-state index >= 15 is 0 Å². The molecule has 1 aromatic rings. The third kappa shape index (κ3) is 2.66. The lowest BCUT2D eigenvalue weighted by Crippen LogP contribution is -2.49. The number of carbonyl (C=O) groups excluding carboxylic acids is 1. The van der Waals surface area contributed by atoms with Gasteiger partial charge in [0.15, 0.2) is 5.60 Å². The second-order valence-electron chi connectivity index (χ2n) is 5.89. The highest BCUT2D eigenvalue weighted by molar-refractivity contribution is 7.99. The van der Waals surface area contributed by atoms with Crippen LogP contribution in [0.3, 0.4) is 0 Å². The summed E-state index contributed by atoms with van der Waals surface area (Å²) < 4.78 is 27.8. The van der Waals surface area contributed by atoms with Crippen LogP contribution in [0.5, 0.6) is 0 Å². The summed E-state index contributed by atoms with van der Waals surface area (Å²) in [5.74, 6) is -0.457. The van der Waals surface area contributed by atoms with E-state index in [4.69, 9.17) is 0 Å². The Morgan fingerprint density at radius 1 is 1.29 bits per heavy atom. The first-order valence-corrected chi connectivity index (χ1v) is 8.15. The van der Waals surface area contributed by atoms with Gasteiger partial charge in [-0.05, 0) is 37.1 Å². The highest BCUT2D eigenvalue weighted by Gasteiger charge is 2.49. The maximum Gasteiger partial charge on any atom is 0.252 e. The van der Waals surface area contributed by atoms with Crippen LogP contribution in [-0.4, -0.2) is 34.7 Å². The molecule has 0 spiro atoms. The molecule has 0 radical (unpaired) electrons. The molecule has 1 unspecified atom stereocenters. The van der Waals surface area contributed by atoms with Gasteiger partial charge in [-0.2, -0.15) is 11.8 Å². The van der Waals surface area contributed by atoms with Crippen LogP contribution in [0.1, 0.15) is 24.8 Å². The van der Waals surface area contributed by atoms with Gasteiger partial charge in [0, 0.05) is 23.3 Å². The molecule has 3 rings (SSSR count). The first-order valence-electron chi connectivity index (χ1n) is 7.00. The minimum Gasteiger partial charge on any atom is -0.379 e. The van der Waals surface area contributed by atoms with Gasteiger partial charge in [-0.25, -0.2) is 8.78 Å². The number of amides is 1. The van der Waals surface area contributed by atoms with E-state index in [-0.39, 0.29) is 12.1 Å². The minimum absolute atomic E-state index is 0.0538. The first-order chi connectivity index (χ1) is 9.97. The summed E-state index contributed by atoms with van der Waals surface area (Å²) in [6.07, 6.45) is 1.70. The van der Waals surface area contributed by atoms with Gasteiger partial charge in [-0.3, -0.25) is 4.79 Å². The van der Waals surface area contributed by atoms with Gasteiger partial charge in [0.2, 0.25) is 0 Å². The van der Waals surface area contributed by atoms with Crippen LogP contribution < -0.4 is 5.32 Å². The number of carbonyl (C=O) groups is 1. The number of nitrogens with one attached hydrogen (secondary N) is 1. The SMILES string of the molecule is O=C(NCC1(c2c(F)cccc2F)CC1)C1(O)CCSC1. The van der Waals surface area contributed by atoms with E-state index in [0.717, 1.165) is 5.75 Å². The smallest absolute Gasteiger partial charge is 0.252 e. The van der Waals surface area contributed by atoms with E-state index in [1.54, 1.807) is 0 Å². The third-order valence-corrected chi connectivity index (χ3v) is 5.53. The summed E-state index contributed by atoms with van der Waals surface area (Å²) >= 11 is 1.53. The zero-order valence-electron chi connectivity index (χ0n) is 11.5. The standard InChI is InChI=1S/C15H17F2NO2S/c16-10-2-1-3-11(17)12(10)14(4-5-14)8-18-13(19)15(20)6-7-21-9-15/h1-3,20H,4-9H2,(H,18,19). The number of benzene rings is 1. The van der Waals surface area contributed by atoms with Crippen LogP contribution in [0.15, 0.2) is 18.2 Å². The Kier molecular flexibility index (Phi) is 3.69. The molecular weight excluding hydrogens is 296 g/mol. The molecule has 1 aliphatic carbocycles. The molecule has 2 aliphatic rings. The van der Waals surface area contributed by atoms with Gasteiger partial charge in [0.1, 0.15) is 11.6 Å². The molecule has 1 heterocycles. The molecule has 1 amide bonds. The molecule has 0 aromatic heterocycles. The molecule has 3 nitrogen and oxygen atoms in total. The van der Waals surface area contributed by atoms with Crippen molar-refractivity contribution in [3.05, 3.63) is 35.4 Å². The van der Waals surface area contributed by atoms with E-state index in [2.05, 4.69) is 5.32 Å². The summed E-state index contributed by atoms with van der Waals surface area (Å²) in [5.41, 5.74) is -1.94. The number of rotatable bonds is 4. The van der Waals surface area contributed by atoms with E-state index < -0.39 is 28.6 Å². The van der Waals surface area contributed by atoms with E-state index in [9.17, 15) is 18.7 Å². The lowest BCUT2D eigenvalue weighted by atomic mass is 9.94. The van der Waals surface area contributed by atoms with Crippen LogP contribution in [0.2, 0.25) is 0 Å². The molecule has 6 heteroatoms. The number of aliphatic hydroxyl groups is 1. The summed E-state index contributed by atoms with van der Waals surface area (Å²) in [7, 11) is 0. The van der Waals surface area contributed by atoms with Crippen LogP contribution in [0.25, 0.3) is 0 Å². The Bertz CT molecular complexity index is 549. The predicted octanol–water partition coefficient (Wildman–Crippen LogP) is 1.98. The normalized spacial score (nSPS) is 26.6. The Balaban J connectivity index is 1.72. The lowest BCUT2D eigenvalue weighted by Gasteiger charge is -2.23. The van der Waals surface area contributed by atoms with Crippen molar-refractivity contribution in [2.45, 2.75) is 30.3 Å². The number of hydrogen-bond donors (Lipinski definition) is 2. The van der Waals surface area contributed by atoms with Crippen molar-refractivity contribution in [3.63, 3.8) is 0 Å². The summed E-state index contributed by atoms with van der Waals surface area (Å²) in [5, 5.41) is 12.9. The lowest BCUT2D eigenvalue weighted by molar-refractivity contribution is -0.137. The Morgan fingerprint density at radius 2 is 1.95 bits per heavy atom. The molecule has 1 aromatic carbocycles. The molecule has 0 bridgehead atoms. The maximum atomic E-state index is 13.9. The zero-order valence-corrected chi connectivity index (χ0v) is 12.3. The van der Waals surface area contributed by atoms with Crippen molar-refractivity contribution in [1.29, 1.82) is 0 Å². The minimum atomic E-state index is -1.34. The predicted molar refractivity (Wildman–Crippen MR) is 77.2 cm³/mol. The second-order valence-corrected chi connectivity index (χ2v) is 7.00. The quantitative estimate of drug-likeness (QED) is 0.894. The fourth-order valence-corrected chi connectivity index (χ4v) is 4.06. The first kappa shape index (κ1) is 14.8. The van der Waals surface area contributed by atoms with Crippen molar-refractivity contribution in [1.82, 2.24) is 5.32 Å². The van der Waals surface area contributed by atoms with Crippen molar-refractivity contribution < 1.29 is 18.7 Å². The van der Waals surface area contributed by atoms with E-state index in [0.29, 0.717) is 25.0 Å². The molecule has 2 fully saturated rings. The summed E-state index contributed by atoms with van der Waals surface area (Å²) in [6, 6.07) is 3.81. The second kappa shape index (κ2) is 5.25. The Hall–Kier alpha value is -1.14. The van der Waals surface area contributed by atoms with Crippen LogP contribution in [0, 0.1) is 11.6 Å². The number of thioether (sulfide) groups is 1. The van der Waals surface area contributed by atoms with Crippen LogP contribution in [0.4, 0.5) is 8.78 Å². The fraction of sp³-hybridized carbons (Fsp3) is 0.533. The monoisotopic (exact) mass is 313 g/mol. The van der Waals surface area contributed by atoms with Crippen molar-refractivity contribution >= 4 is 17.7 Å². The summed E-state index contributed by atoms with van der Waals surface area (Å²) in [6.45, 7) is 0.163. The van der Waals surface area contributed by atoms with Crippen LogP contribution in [-0.2, 0) is 10.2 Å². The molecule has 21 heavy (non-hydrogen) atoms. The maximum absolute atomic E-state index is 13.9. The highest BCUT2D eigenvalue weighted by Crippen LogP contribution is 2.49. The van der Waals surface area contributed by atoms with Gasteiger partial charge in [-0.1, -0.05) is 6.07 Å². The fourth-order valence-electron chi connectivity index (χ4n) is 2.82. The Morgan fingerprint density at radius 3 is 2.48 bits per heavy atom. The molecule has 114 valence electrons. The van der Waals surface area contributed by atoms with Gasteiger partial charge in [0.05, 0.1) is 0 Å². The molecule has 1 saturated carbocycles. The van der Waals surface area contributed by atoms with Gasteiger partial charge < -0.3 is 10.4 Å². The number of hydrogen-bond acceptors (Lipinski definition) is 3. The molecular formula is C15H17F2NO2S. The third-order valence-electron chi connectivity index (χ3n) is 4.36. The Labute approximate surface area is 126 Å². The topological polar surface area (TPSA) is 49.3 Å². The van der Waals surface area contributed by atoms with Gasteiger partial charge in [0.25, 0.3) is 5.91 Å². The van der Waals surface area contributed by atoms with Crippen molar-refractivity contribution in [3.8, 4) is 0 Å². The van der Waals surface area contributed by atoms with E-state index in [1.165, 1.54) is 30.0 Å². The van der Waals surface area contributed by atoms with Crippen molar-refractivity contribution in [2.24, 2.45) is 0 Å². The average Bonchev–Trinajstić information content (AvgIpc) is 3.09.